The van der Waals surface area contributed by atoms with E-state index in [1.807, 2.05) is 4.68 Å². The van der Waals surface area contributed by atoms with Gasteiger partial charge >= 0.3 is 0 Å². The van der Waals surface area contributed by atoms with Crippen LogP contribution in [0.1, 0.15) is 45.0 Å². The molecule has 0 aromatic carbocycles. The van der Waals surface area contributed by atoms with Crippen molar-refractivity contribution >= 4 is 11.6 Å². The first-order chi connectivity index (χ1) is 9.06. The number of halogens is 1. The number of aromatic nitrogens is 2. The number of ether oxygens (including phenoxy) is 2. The summed E-state index contributed by atoms with van der Waals surface area (Å²) in [5.41, 5.74) is 0.902. The van der Waals surface area contributed by atoms with Crippen molar-refractivity contribution in [2.45, 2.75) is 45.6 Å². The van der Waals surface area contributed by atoms with Gasteiger partial charge in [-0.05, 0) is 26.8 Å². The molecule has 0 saturated heterocycles. The fourth-order valence-corrected chi connectivity index (χ4v) is 2.29. The Labute approximate surface area is 120 Å². The van der Waals surface area contributed by atoms with Crippen molar-refractivity contribution < 1.29 is 9.47 Å². The Balaban J connectivity index is 3.11. The maximum Gasteiger partial charge on any atom is 0.177 e. The second-order valence-electron chi connectivity index (χ2n) is 4.69. The summed E-state index contributed by atoms with van der Waals surface area (Å²) in [5.74, 6) is 0. The molecule has 1 heterocycles. The van der Waals surface area contributed by atoms with Crippen LogP contribution in [0.25, 0.3) is 0 Å². The maximum atomic E-state index is 6.29. The molecular formula is C13H24ClN3O2. The van der Waals surface area contributed by atoms with Crippen LogP contribution in [0.4, 0.5) is 0 Å². The van der Waals surface area contributed by atoms with E-state index in [4.69, 9.17) is 21.1 Å². The average molecular weight is 290 g/mol. The number of hydrogen-bond acceptors (Lipinski definition) is 4. The quantitative estimate of drug-likeness (QED) is 0.748. The predicted octanol–water partition coefficient (Wildman–Crippen LogP) is 2.78. The summed E-state index contributed by atoms with van der Waals surface area (Å²) in [6.07, 6.45) is 2.28. The van der Waals surface area contributed by atoms with Gasteiger partial charge in [-0.25, -0.2) is 0 Å². The van der Waals surface area contributed by atoms with Crippen molar-refractivity contribution in [2.75, 3.05) is 20.8 Å². The molecule has 0 aliphatic heterocycles. The minimum atomic E-state index is -0.404. The molecule has 0 amide bonds. The van der Waals surface area contributed by atoms with Gasteiger partial charge in [0.05, 0.1) is 16.9 Å². The van der Waals surface area contributed by atoms with Crippen molar-refractivity contribution in [2.24, 2.45) is 0 Å². The van der Waals surface area contributed by atoms with Gasteiger partial charge < -0.3 is 14.8 Å². The number of nitrogens with one attached hydrogen (secondary N) is 1. The van der Waals surface area contributed by atoms with Crippen molar-refractivity contribution in [1.82, 2.24) is 15.1 Å². The molecule has 0 aliphatic rings. The van der Waals surface area contributed by atoms with E-state index in [0.29, 0.717) is 5.02 Å². The SMILES string of the molecule is CCCNC(c1c(Cl)cnn1C(C)C)C(OC)OC. The molecule has 19 heavy (non-hydrogen) atoms. The van der Waals surface area contributed by atoms with Crippen LogP contribution in [-0.4, -0.2) is 36.8 Å². The number of methoxy groups -OCH3 is 2. The summed E-state index contributed by atoms with van der Waals surface area (Å²) in [4.78, 5) is 0. The Bertz CT molecular complexity index is 378. The van der Waals surface area contributed by atoms with Crippen LogP contribution in [0, 0.1) is 0 Å². The zero-order valence-electron chi connectivity index (χ0n) is 12.3. The van der Waals surface area contributed by atoms with Crippen molar-refractivity contribution in [1.29, 1.82) is 0 Å². The Morgan fingerprint density at radius 3 is 2.47 bits per heavy atom. The van der Waals surface area contributed by atoms with E-state index < -0.39 is 6.29 Å². The fourth-order valence-electron chi connectivity index (χ4n) is 2.04. The van der Waals surface area contributed by atoms with Gasteiger partial charge in [-0.2, -0.15) is 5.10 Å². The third-order valence-corrected chi connectivity index (χ3v) is 3.21. The zero-order chi connectivity index (χ0) is 14.4. The standard InChI is InChI=1S/C13H24ClN3O2/c1-6-7-15-11(13(18-4)19-5)12-10(14)8-16-17(12)9(2)3/h8-9,11,13,15H,6-7H2,1-5H3. The van der Waals surface area contributed by atoms with Gasteiger partial charge in [0.15, 0.2) is 6.29 Å². The highest BCUT2D eigenvalue weighted by Gasteiger charge is 2.29. The Morgan fingerprint density at radius 1 is 1.37 bits per heavy atom. The molecule has 1 aromatic heterocycles. The van der Waals surface area contributed by atoms with Crippen LogP contribution in [0.5, 0.6) is 0 Å². The molecule has 0 spiro atoms. The van der Waals surface area contributed by atoms with Crippen LogP contribution < -0.4 is 5.32 Å². The fraction of sp³-hybridized carbons (Fsp3) is 0.769. The molecule has 0 saturated carbocycles. The first kappa shape index (κ1) is 16.4. The second-order valence-corrected chi connectivity index (χ2v) is 5.09. The van der Waals surface area contributed by atoms with Crippen LogP contribution in [0.15, 0.2) is 6.20 Å². The van der Waals surface area contributed by atoms with E-state index in [2.05, 4.69) is 31.2 Å². The topological polar surface area (TPSA) is 48.3 Å². The van der Waals surface area contributed by atoms with E-state index in [9.17, 15) is 0 Å². The van der Waals surface area contributed by atoms with E-state index in [1.165, 1.54) is 0 Å². The lowest BCUT2D eigenvalue weighted by Gasteiger charge is -2.27. The van der Waals surface area contributed by atoms with Gasteiger partial charge in [0.1, 0.15) is 6.04 Å². The zero-order valence-corrected chi connectivity index (χ0v) is 13.1. The van der Waals surface area contributed by atoms with Crippen molar-refractivity contribution in [3.05, 3.63) is 16.9 Å². The molecule has 0 bridgehead atoms. The molecule has 0 fully saturated rings. The van der Waals surface area contributed by atoms with Gasteiger partial charge in [0.2, 0.25) is 0 Å². The summed E-state index contributed by atoms with van der Waals surface area (Å²) in [6.45, 7) is 7.10. The number of rotatable bonds is 8. The van der Waals surface area contributed by atoms with Crippen LogP contribution in [0.3, 0.4) is 0 Å². The molecule has 1 rings (SSSR count). The molecular weight excluding hydrogens is 266 g/mol. The van der Waals surface area contributed by atoms with Crippen LogP contribution in [-0.2, 0) is 9.47 Å². The van der Waals surface area contributed by atoms with E-state index in [1.54, 1.807) is 20.4 Å². The Hall–Kier alpha value is -0.620. The highest BCUT2D eigenvalue weighted by Crippen LogP contribution is 2.29. The smallest absolute Gasteiger partial charge is 0.177 e. The van der Waals surface area contributed by atoms with Gasteiger partial charge in [0.25, 0.3) is 0 Å². The lowest BCUT2D eigenvalue weighted by Crippen LogP contribution is -2.37. The summed E-state index contributed by atoms with van der Waals surface area (Å²) < 4.78 is 12.7. The lowest BCUT2D eigenvalue weighted by molar-refractivity contribution is -0.125. The van der Waals surface area contributed by atoms with E-state index in [0.717, 1.165) is 18.7 Å². The Kier molecular flexibility index (Phi) is 6.79. The number of hydrogen-bond donors (Lipinski definition) is 1. The molecule has 1 unspecified atom stereocenters. The van der Waals surface area contributed by atoms with Gasteiger partial charge in [0, 0.05) is 20.3 Å². The highest BCUT2D eigenvalue weighted by molar-refractivity contribution is 6.31. The molecule has 1 aromatic rings. The predicted molar refractivity (Wildman–Crippen MR) is 76.5 cm³/mol. The summed E-state index contributed by atoms with van der Waals surface area (Å²) in [6, 6.07) is 0.0788. The second kappa shape index (κ2) is 7.85. The molecule has 6 heteroatoms. The first-order valence-electron chi connectivity index (χ1n) is 6.58. The third kappa shape index (κ3) is 3.92. The summed E-state index contributed by atoms with van der Waals surface area (Å²) >= 11 is 6.29. The maximum absolute atomic E-state index is 6.29. The molecule has 1 atom stereocenters. The minimum absolute atomic E-state index is 0.146. The normalized spacial score (nSPS) is 13.5. The van der Waals surface area contributed by atoms with Gasteiger partial charge in [-0.1, -0.05) is 18.5 Å². The average Bonchev–Trinajstić information content (AvgIpc) is 2.76. The van der Waals surface area contributed by atoms with Gasteiger partial charge in [-0.3, -0.25) is 4.68 Å². The van der Waals surface area contributed by atoms with Crippen LogP contribution in [0.2, 0.25) is 5.02 Å². The highest BCUT2D eigenvalue weighted by atomic mass is 35.5. The molecule has 0 aliphatic carbocycles. The third-order valence-electron chi connectivity index (χ3n) is 2.92. The largest absolute Gasteiger partial charge is 0.354 e. The van der Waals surface area contributed by atoms with E-state index >= 15 is 0 Å². The summed E-state index contributed by atoms with van der Waals surface area (Å²) in [5, 5.41) is 8.37. The van der Waals surface area contributed by atoms with Crippen molar-refractivity contribution in [3.63, 3.8) is 0 Å². The first-order valence-corrected chi connectivity index (χ1v) is 6.96. The van der Waals surface area contributed by atoms with Crippen LogP contribution >= 0.6 is 11.6 Å². The van der Waals surface area contributed by atoms with E-state index in [-0.39, 0.29) is 12.1 Å². The molecule has 5 nitrogen and oxygen atoms in total. The Morgan fingerprint density at radius 2 is 2.00 bits per heavy atom. The molecule has 1 N–H and O–H groups in total. The van der Waals surface area contributed by atoms with Crippen molar-refractivity contribution in [3.8, 4) is 0 Å². The summed E-state index contributed by atoms with van der Waals surface area (Å²) in [7, 11) is 3.25. The van der Waals surface area contributed by atoms with Gasteiger partial charge in [-0.15, -0.1) is 0 Å². The number of nitrogens with zero attached hydrogens (tertiary/aromatic N) is 2. The lowest BCUT2D eigenvalue weighted by atomic mass is 10.1. The molecule has 110 valence electrons. The monoisotopic (exact) mass is 289 g/mol. The minimum Gasteiger partial charge on any atom is -0.354 e. The molecule has 0 radical (unpaired) electrons.